The number of carbonyl (C=O) groups excluding carboxylic acids is 2. The highest BCUT2D eigenvalue weighted by molar-refractivity contribution is 7.89. The Labute approximate surface area is 194 Å². The Morgan fingerprint density at radius 2 is 1.76 bits per heavy atom. The lowest BCUT2D eigenvalue weighted by molar-refractivity contribution is -0.137. The van der Waals surface area contributed by atoms with Crippen LogP contribution in [0.4, 0.5) is 0 Å². The molecule has 33 heavy (non-hydrogen) atoms. The molecule has 1 fully saturated rings. The van der Waals surface area contributed by atoms with Crippen molar-refractivity contribution < 1.29 is 27.6 Å². The third-order valence-corrected chi connectivity index (χ3v) is 7.09. The van der Waals surface area contributed by atoms with Crippen molar-refractivity contribution >= 4 is 21.8 Å². The topological polar surface area (TPSA) is 114 Å². The summed E-state index contributed by atoms with van der Waals surface area (Å²) in [6.07, 6.45) is 0. The van der Waals surface area contributed by atoms with E-state index in [1.165, 1.54) is 28.6 Å². The first-order valence-corrected chi connectivity index (χ1v) is 12.2. The van der Waals surface area contributed by atoms with Crippen molar-refractivity contribution in [1.82, 2.24) is 15.1 Å². The van der Waals surface area contributed by atoms with Crippen LogP contribution in [0.25, 0.3) is 0 Å². The van der Waals surface area contributed by atoms with Crippen LogP contribution in [0.1, 0.15) is 29.8 Å². The Kier molecular flexibility index (Phi) is 8.56. The fourth-order valence-corrected chi connectivity index (χ4v) is 4.78. The molecule has 9 nitrogen and oxygen atoms in total. The summed E-state index contributed by atoms with van der Waals surface area (Å²) in [4.78, 5) is 30.8. The van der Waals surface area contributed by atoms with Gasteiger partial charge in [-0.15, -0.1) is 0 Å². The van der Waals surface area contributed by atoms with Crippen LogP contribution in [0.2, 0.25) is 0 Å². The number of hydrogen-bond acceptors (Lipinski definition) is 6. The molecule has 3 rings (SSSR count). The predicted octanol–water partition coefficient (Wildman–Crippen LogP) is 1.71. The summed E-state index contributed by atoms with van der Waals surface area (Å²) in [5.41, 5.74) is 3.42. The van der Waals surface area contributed by atoms with Gasteiger partial charge >= 0.3 is 0 Å². The van der Waals surface area contributed by atoms with Crippen molar-refractivity contribution in [3.8, 4) is 0 Å². The van der Waals surface area contributed by atoms with Gasteiger partial charge in [-0.05, 0) is 29.7 Å². The molecule has 1 aliphatic heterocycles. The van der Waals surface area contributed by atoms with Gasteiger partial charge in [0.05, 0.1) is 24.7 Å². The van der Waals surface area contributed by atoms with E-state index in [4.69, 9.17) is 9.57 Å². The number of amides is 2. The van der Waals surface area contributed by atoms with Crippen molar-refractivity contribution in [2.45, 2.75) is 31.4 Å². The molecule has 0 unspecified atom stereocenters. The van der Waals surface area contributed by atoms with E-state index < -0.39 is 27.9 Å². The summed E-state index contributed by atoms with van der Waals surface area (Å²) in [6.45, 7) is 4.96. The second-order valence-corrected chi connectivity index (χ2v) is 9.92. The Bertz CT molecular complexity index is 1050. The van der Waals surface area contributed by atoms with Crippen LogP contribution in [0.15, 0.2) is 59.5 Å². The van der Waals surface area contributed by atoms with Crippen LogP contribution < -0.4 is 10.8 Å². The van der Waals surface area contributed by atoms with E-state index in [1.54, 1.807) is 13.8 Å². The summed E-state index contributed by atoms with van der Waals surface area (Å²) in [5.74, 6) is -1.27. The van der Waals surface area contributed by atoms with E-state index in [-0.39, 0.29) is 36.1 Å². The van der Waals surface area contributed by atoms with Crippen LogP contribution in [-0.2, 0) is 31.0 Å². The molecule has 0 aliphatic carbocycles. The number of rotatable bonds is 9. The van der Waals surface area contributed by atoms with Crippen molar-refractivity contribution in [3.05, 3.63) is 65.7 Å². The van der Waals surface area contributed by atoms with Gasteiger partial charge in [0.1, 0.15) is 6.04 Å². The van der Waals surface area contributed by atoms with Crippen LogP contribution >= 0.6 is 0 Å². The van der Waals surface area contributed by atoms with Crippen molar-refractivity contribution in [1.29, 1.82) is 0 Å². The first kappa shape index (κ1) is 24.8. The molecule has 2 aromatic carbocycles. The fraction of sp³-hybridized carbons (Fsp3) is 0.391. The molecule has 2 N–H and O–H groups in total. The van der Waals surface area contributed by atoms with E-state index in [2.05, 4.69) is 10.8 Å². The second-order valence-electron chi connectivity index (χ2n) is 7.98. The van der Waals surface area contributed by atoms with E-state index in [1.807, 2.05) is 30.3 Å². The number of hydrogen-bond donors (Lipinski definition) is 2. The molecular weight excluding hydrogens is 446 g/mol. The van der Waals surface area contributed by atoms with Crippen LogP contribution in [0, 0.1) is 5.92 Å². The lowest BCUT2D eigenvalue weighted by Gasteiger charge is -2.26. The van der Waals surface area contributed by atoms with E-state index in [9.17, 15) is 18.0 Å². The molecule has 0 spiro atoms. The third-order valence-electron chi connectivity index (χ3n) is 5.19. The second kappa shape index (κ2) is 11.4. The van der Waals surface area contributed by atoms with Gasteiger partial charge in [0.15, 0.2) is 0 Å². The quantitative estimate of drug-likeness (QED) is 0.534. The zero-order valence-electron chi connectivity index (χ0n) is 18.7. The molecule has 0 aromatic heterocycles. The molecule has 0 saturated carbocycles. The smallest absolute Gasteiger partial charge is 0.266 e. The third kappa shape index (κ3) is 6.61. The maximum Gasteiger partial charge on any atom is 0.266 e. The molecule has 10 heteroatoms. The average molecular weight is 476 g/mol. The van der Waals surface area contributed by atoms with Gasteiger partial charge in [0.2, 0.25) is 10.0 Å². The maximum absolute atomic E-state index is 12.9. The van der Waals surface area contributed by atoms with Crippen molar-refractivity contribution in [3.63, 3.8) is 0 Å². The lowest BCUT2D eigenvalue weighted by atomic mass is 10.0. The van der Waals surface area contributed by atoms with E-state index >= 15 is 0 Å². The van der Waals surface area contributed by atoms with Gasteiger partial charge in [0.25, 0.3) is 11.8 Å². The normalized spacial score (nSPS) is 15.7. The zero-order chi connectivity index (χ0) is 23.8. The summed E-state index contributed by atoms with van der Waals surface area (Å²) >= 11 is 0. The molecule has 2 aromatic rings. The first-order chi connectivity index (χ1) is 15.8. The number of ether oxygens (including phenoxy) is 1. The summed E-state index contributed by atoms with van der Waals surface area (Å²) in [6, 6.07) is 14.3. The number of nitrogens with one attached hydrogen (secondary N) is 2. The Morgan fingerprint density at radius 1 is 1.06 bits per heavy atom. The number of benzene rings is 2. The average Bonchev–Trinajstić information content (AvgIpc) is 2.83. The molecule has 1 aliphatic rings. The molecule has 1 heterocycles. The highest BCUT2D eigenvalue weighted by atomic mass is 32.2. The number of sulfonamides is 1. The Hall–Kier alpha value is -2.79. The highest BCUT2D eigenvalue weighted by Gasteiger charge is 2.28. The highest BCUT2D eigenvalue weighted by Crippen LogP contribution is 2.18. The van der Waals surface area contributed by atoms with Crippen LogP contribution in [0.5, 0.6) is 0 Å². The van der Waals surface area contributed by atoms with Gasteiger partial charge in [-0.25, -0.2) is 13.9 Å². The molecule has 178 valence electrons. The standard InChI is InChI=1S/C23H29N3O6S/c1-17(2)21(23(28)25-32-16-18-7-4-3-5-8-18)24-22(27)19-9-6-10-20(15-19)33(29,30)26-11-13-31-14-12-26/h3-10,15,17,21H,11-14,16H2,1-2H3,(H,24,27)(H,25,28)/t21-/m0/s1. The number of carbonyl (C=O) groups is 2. The number of nitrogens with zero attached hydrogens (tertiary/aromatic N) is 1. The molecular formula is C23H29N3O6S. The monoisotopic (exact) mass is 475 g/mol. The lowest BCUT2D eigenvalue weighted by Crippen LogP contribution is -2.49. The minimum atomic E-state index is -3.74. The van der Waals surface area contributed by atoms with E-state index in [0.717, 1.165) is 5.56 Å². The SMILES string of the molecule is CC(C)[C@H](NC(=O)c1cccc(S(=O)(=O)N2CCOCC2)c1)C(=O)NOCc1ccccc1. The van der Waals surface area contributed by atoms with Gasteiger partial charge in [-0.1, -0.05) is 50.2 Å². The molecule has 1 atom stereocenters. The van der Waals surface area contributed by atoms with Crippen molar-refractivity contribution in [2.24, 2.45) is 5.92 Å². The Morgan fingerprint density at radius 3 is 2.42 bits per heavy atom. The minimum absolute atomic E-state index is 0.0220. The van der Waals surface area contributed by atoms with Gasteiger partial charge in [-0.3, -0.25) is 14.4 Å². The summed E-state index contributed by atoms with van der Waals surface area (Å²) in [5, 5.41) is 2.68. The molecule has 0 radical (unpaired) electrons. The fourth-order valence-electron chi connectivity index (χ4n) is 3.32. The molecule has 0 bridgehead atoms. The minimum Gasteiger partial charge on any atom is -0.379 e. The van der Waals surface area contributed by atoms with E-state index in [0.29, 0.717) is 13.2 Å². The predicted molar refractivity (Wildman–Crippen MR) is 121 cm³/mol. The van der Waals surface area contributed by atoms with Crippen LogP contribution in [0.3, 0.4) is 0 Å². The largest absolute Gasteiger partial charge is 0.379 e. The van der Waals surface area contributed by atoms with Gasteiger partial charge < -0.3 is 10.1 Å². The molecule has 2 amide bonds. The first-order valence-electron chi connectivity index (χ1n) is 10.7. The van der Waals surface area contributed by atoms with Gasteiger partial charge in [0, 0.05) is 18.7 Å². The van der Waals surface area contributed by atoms with Gasteiger partial charge in [-0.2, -0.15) is 4.31 Å². The zero-order valence-corrected chi connectivity index (χ0v) is 19.5. The maximum atomic E-state index is 12.9. The number of hydroxylamine groups is 1. The summed E-state index contributed by atoms with van der Waals surface area (Å²) in [7, 11) is -3.74. The van der Waals surface area contributed by atoms with Crippen LogP contribution in [-0.4, -0.2) is 56.9 Å². The molecule has 1 saturated heterocycles. The van der Waals surface area contributed by atoms with Crippen molar-refractivity contribution in [2.75, 3.05) is 26.3 Å². The Balaban J connectivity index is 1.65. The summed E-state index contributed by atoms with van der Waals surface area (Å²) < 4.78 is 32.3. The number of morpholine rings is 1.